The second-order valence-corrected chi connectivity index (χ2v) is 8.09. The summed E-state index contributed by atoms with van der Waals surface area (Å²) < 4.78 is 24.3. The minimum Gasteiger partial charge on any atom is -0.259 e. The third-order valence-electron chi connectivity index (χ3n) is 3.57. The molecule has 1 fully saturated rings. The summed E-state index contributed by atoms with van der Waals surface area (Å²) in [5.74, 6) is 0.645. The van der Waals surface area contributed by atoms with Crippen LogP contribution in [0, 0.1) is 5.92 Å². The summed E-state index contributed by atoms with van der Waals surface area (Å²) in [6.07, 6.45) is 6.80. The highest BCUT2D eigenvalue weighted by molar-refractivity contribution is 7.98. The van der Waals surface area contributed by atoms with Crippen molar-refractivity contribution in [1.82, 2.24) is 4.98 Å². The first-order valence-electron chi connectivity index (χ1n) is 6.24. The molecule has 5 heteroatoms. The number of aromatic nitrogens is 1. The largest absolute Gasteiger partial charge is 0.259 e. The Labute approximate surface area is 113 Å². The van der Waals surface area contributed by atoms with Gasteiger partial charge in [-0.05, 0) is 44.1 Å². The topological polar surface area (TPSA) is 47.0 Å². The maximum Gasteiger partial charge on any atom is 0.180 e. The smallest absolute Gasteiger partial charge is 0.180 e. The van der Waals surface area contributed by atoms with Crippen LogP contribution in [0.5, 0.6) is 0 Å². The van der Waals surface area contributed by atoms with Crippen LogP contribution in [0.3, 0.4) is 0 Å². The molecule has 2 rings (SSSR count). The van der Waals surface area contributed by atoms with Crippen LogP contribution in [0.1, 0.15) is 37.1 Å². The SMILES string of the molecule is CSC(C)c1ccc(S(=O)(=O)CC2CCC2)cn1. The van der Waals surface area contributed by atoms with Gasteiger partial charge in [-0.15, -0.1) is 0 Å². The fourth-order valence-corrected chi connectivity index (χ4v) is 4.02. The summed E-state index contributed by atoms with van der Waals surface area (Å²) in [4.78, 5) is 4.63. The summed E-state index contributed by atoms with van der Waals surface area (Å²) in [6, 6.07) is 3.53. The van der Waals surface area contributed by atoms with E-state index >= 15 is 0 Å². The summed E-state index contributed by atoms with van der Waals surface area (Å²) in [5.41, 5.74) is 0.935. The van der Waals surface area contributed by atoms with E-state index in [4.69, 9.17) is 0 Å². The molecule has 0 aromatic carbocycles. The molecule has 1 aliphatic rings. The van der Waals surface area contributed by atoms with Gasteiger partial charge >= 0.3 is 0 Å². The van der Waals surface area contributed by atoms with Gasteiger partial charge in [-0.2, -0.15) is 11.8 Å². The highest BCUT2D eigenvalue weighted by Crippen LogP contribution is 2.30. The van der Waals surface area contributed by atoms with Crippen LogP contribution in [-0.2, 0) is 9.84 Å². The number of hydrogen-bond acceptors (Lipinski definition) is 4. The number of hydrogen-bond donors (Lipinski definition) is 0. The van der Waals surface area contributed by atoms with Crippen molar-refractivity contribution >= 4 is 21.6 Å². The zero-order valence-electron chi connectivity index (χ0n) is 10.8. The molecular formula is C13H19NO2S2. The van der Waals surface area contributed by atoms with Gasteiger partial charge in [-0.3, -0.25) is 4.98 Å². The van der Waals surface area contributed by atoms with Gasteiger partial charge in [-0.1, -0.05) is 6.42 Å². The monoisotopic (exact) mass is 285 g/mol. The Bertz CT molecular complexity index is 492. The molecule has 1 aromatic rings. The number of nitrogens with zero attached hydrogens (tertiary/aromatic N) is 1. The van der Waals surface area contributed by atoms with E-state index in [2.05, 4.69) is 11.9 Å². The average molecular weight is 285 g/mol. The normalized spacial score (nSPS) is 18.3. The zero-order chi connectivity index (χ0) is 13.2. The molecule has 1 saturated carbocycles. The van der Waals surface area contributed by atoms with Crippen LogP contribution in [0.4, 0.5) is 0 Å². The van der Waals surface area contributed by atoms with Crippen LogP contribution in [0.25, 0.3) is 0 Å². The molecule has 18 heavy (non-hydrogen) atoms. The Balaban J connectivity index is 2.12. The highest BCUT2D eigenvalue weighted by atomic mass is 32.2. The van der Waals surface area contributed by atoms with E-state index in [1.807, 2.05) is 12.3 Å². The van der Waals surface area contributed by atoms with Crippen molar-refractivity contribution < 1.29 is 8.42 Å². The lowest BCUT2D eigenvalue weighted by Crippen LogP contribution is -2.22. The van der Waals surface area contributed by atoms with Gasteiger partial charge in [-0.25, -0.2) is 8.42 Å². The summed E-state index contributed by atoms with van der Waals surface area (Å²) in [7, 11) is -3.14. The Morgan fingerprint density at radius 1 is 1.44 bits per heavy atom. The molecule has 1 heterocycles. The summed E-state index contributed by atoms with van der Waals surface area (Å²) in [5, 5.41) is 0.299. The number of rotatable bonds is 5. The van der Waals surface area contributed by atoms with Crippen LogP contribution >= 0.6 is 11.8 Å². The molecule has 0 spiro atoms. The zero-order valence-corrected chi connectivity index (χ0v) is 12.4. The van der Waals surface area contributed by atoms with Crippen LogP contribution in [0.2, 0.25) is 0 Å². The minimum atomic E-state index is -3.14. The lowest BCUT2D eigenvalue weighted by Gasteiger charge is -2.24. The van der Waals surface area contributed by atoms with Gasteiger partial charge in [0.1, 0.15) is 0 Å². The molecule has 0 amide bonds. The van der Waals surface area contributed by atoms with Crippen molar-refractivity contribution in [2.75, 3.05) is 12.0 Å². The molecule has 1 atom stereocenters. The lowest BCUT2D eigenvalue weighted by atomic mass is 9.87. The van der Waals surface area contributed by atoms with E-state index in [1.54, 1.807) is 17.8 Å². The maximum absolute atomic E-state index is 12.1. The van der Waals surface area contributed by atoms with E-state index in [1.165, 1.54) is 12.6 Å². The number of pyridine rings is 1. The fourth-order valence-electron chi connectivity index (χ4n) is 2.00. The molecule has 1 aromatic heterocycles. The van der Waals surface area contributed by atoms with Gasteiger partial charge in [0.05, 0.1) is 16.3 Å². The van der Waals surface area contributed by atoms with Crippen molar-refractivity contribution in [2.45, 2.75) is 36.3 Å². The fraction of sp³-hybridized carbons (Fsp3) is 0.615. The number of thioether (sulfide) groups is 1. The third-order valence-corrected chi connectivity index (χ3v) is 6.39. The highest BCUT2D eigenvalue weighted by Gasteiger charge is 2.26. The van der Waals surface area contributed by atoms with Crippen LogP contribution in [0.15, 0.2) is 23.2 Å². The lowest BCUT2D eigenvalue weighted by molar-refractivity contribution is 0.347. The van der Waals surface area contributed by atoms with E-state index < -0.39 is 9.84 Å². The Morgan fingerprint density at radius 2 is 2.17 bits per heavy atom. The van der Waals surface area contributed by atoms with Gasteiger partial charge in [0.2, 0.25) is 0 Å². The molecule has 0 aliphatic heterocycles. The first-order valence-corrected chi connectivity index (χ1v) is 9.18. The van der Waals surface area contributed by atoms with E-state index in [0.717, 1.165) is 18.5 Å². The molecule has 1 aliphatic carbocycles. The van der Waals surface area contributed by atoms with Gasteiger partial charge in [0.25, 0.3) is 0 Å². The molecule has 1 unspecified atom stereocenters. The van der Waals surface area contributed by atoms with Crippen molar-refractivity contribution in [3.05, 3.63) is 24.0 Å². The van der Waals surface area contributed by atoms with Gasteiger partial charge < -0.3 is 0 Å². The van der Waals surface area contributed by atoms with Crippen LogP contribution in [-0.4, -0.2) is 25.4 Å². The Morgan fingerprint density at radius 3 is 2.61 bits per heavy atom. The molecule has 0 bridgehead atoms. The third kappa shape index (κ3) is 3.06. The Hall–Kier alpha value is -0.550. The quantitative estimate of drug-likeness (QED) is 0.834. The van der Waals surface area contributed by atoms with Gasteiger partial charge in [0, 0.05) is 11.4 Å². The number of sulfone groups is 1. The van der Waals surface area contributed by atoms with Crippen molar-refractivity contribution in [3.63, 3.8) is 0 Å². The molecule has 100 valence electrons. The van der Waals surface area contributed by atoms with E-state index in [-0.39, 0.29) is 5.75 Å². The Kier molecular flexibility index (Phi) is 4.33. The van der Waals surface area contributed by atoms with Crippen molar-refractivity contribution in [2.24, 2.45) is 5.92 Å². The molecule has 0 radical (unpaired) electrons. The molecule has 3 nitrogen and oxygen atoms in total. The second-order valence-electron chi connectivity index (χ2n) is 4.88. The maximum atomic E-state index is 12.1. The van der Waals surface area contributed by atoms with Crippen molar-refractivity contribution in [3.8, 4) is 0 Å². The van der Waals surface area contributed by atoms with E-state index in [9.17, 15) is 8.42 Å². The molecular weight excluding hydrogens is 266 g/mol. The molecule has 0 saturated heterocycles. The van der Waals surface area contributed by atoms with Crippen LogP contribution < -0.4 is 0 Å². The summed E-state index contributed by atoms with van der Waals surface area (Å²) in [6.45, 7) is 2.07. The van der Waals surface area contributed by atoms with Gasteiger partial charge in [0.15, 0.2) is 9.84 Å². The predicted molar refractivity (Wildman–Crippen MR) is 75.6 cm³/mol. The second kappa shape index (κ2) is 5.61. The first-order chi connectivity index (χ1) is 8.53. The predicted octanol–water partition coefficient (Wildman–Crippen LogP) is 3.08. The van der Waals surface area contributed by atoms with E-state index in [0.29, 0.717) is 16.1 Å². The standard InChI is InChI=1S/C13H19NO2S2/c1-10(17-2)13-7-6-12(8-14-13)18(15,16)9-11-4-3-5-11/h6-8,10-11H,3-5,9H2,1-2H3. The minimum absolute atomic E-state index is 0.284. The average Bonchev–Trinajstić information content (AvgIpc) is 2.33. The molecule has 0 N–H and O–H groups in total. The summed E-state index contributed by atoms with van der Waals surface area (Å²) >= 11 is 1.70. The van der Waals surface area contributed by atoms with Crippen molar-refractivity contribution in [1.29, 1.82) is 0 Å². The first kappa shape index (κ1) is 13.9.